The van der Waals surface area contributed by atoms with Gasteiger partial charge in [-0.15, -0.1) is 0 Å². The van der Waals surface area contributed by atoms with Crippen LogP contribution in [-0.2, 0) is 6.42 Å². The molecule has 6 rings (SSSR count). The van der Waals surface area contributed by atoms with Crippen molar-refractivity contribution >= 4 is 51.1 Å². The molecule has 4 aromatic heterocycles. The number of imidazole rings is 1. The predicted octanol–water partition coefficient (Wildman–Crippen LogP) is 3.78. The molecule has 5 aromatic rings. The Hall–Kier alpha value is -4.25. The number of carbonyl (C=O) groups is 1. The van der Waals surface area contributed by atoms with Crippen LogP contribution in [0.25, 0.3) is 22.1 Å². The van der Waals surface area contributed by atoms with Crippen LogP contribution < -0.4 is 10.2 Å². The van der Waals surface area contributed by atoms with Gasteiger partial charge in [-0.2, -0.15) is 0 Å². The number of aromatic amines is 1. The minimum Gasteiger partial charge on any atom is -0.368 e. The lowest BCUT2D eigenvalue weighted by Crippen LogP contribution is -2.49. The molecule has 0 spiro atoms. The molecule has 1 aromatic carbocycles. The van der Waals surface area contributed by atoms with Crippen molar-refractivity contribution in [3.8, 4) is 0 Å². The molecule has 0 aliphatic carbocycles. The van der Waals surface area contributed by atoms with Crippen molar-refractivity contribution in [3.05, 3.63) is 64.7 Å². The van der Waals surface area contributed by atoms with Gasteiger partial charge in [-0.05, 0) is 44.0 Å². The van der Waals surface area contributed by atoms with Crippen molar-refractivity contribution in [2.45, 2.75) is 20.3 Å². The summed E-state index contributed by atoms with van der Waals surface area (Å²) in [4.78, 5) is 37.9. The second-order valence-electron chi connectivity index (χ2n) is 9.24. The van der Waals surface area contributed by atoms with E-state index < -0.39 is 0 Å². The maximum absolute atomic E-state index is 13.2. The van der Waals surface area contributed by atoms with Crippen molar-refractivity contribution in [2.75, 3.05) is 42.9 Å². The maximum Gasteiger partial charge on any atom is 0.259 e. The van der Waals surface area contributed by atoms with Gasteiger partial charge in [-0.25, -0.2) is 15.0 Å². The molecule has 194 valence electrons. The molecule has 1 aliphatic heterocycles. The smallest absolute Gasteiger partial charge is 0.259 e. The molecule has 0 atom stereocenters. The molecular formula is C26H26ClN9O2. The SMILES string of the molecule is Cc1noc(C)c1C(=O)N1CCN(c2c(CCNc3ncnc4nc[nH]c34)cc(Cl)c3cccnc23)CC1. The number of nitrogens with zero attached hydrogens (tertiary/aromatic N) is 7. The first-order valence-electron chi connectivity index (χ1n) is 12.4. The summed E-state index contributed by atoms with van der Waals surface area (Å²) in [6.07, 6.45) is 5.58. The van der Waals surface area contributed by atoms with E-state index in [1.165, 1.54) is 6.33 Å². The highest BCUT2D eigenvalue weighted by Gasteiger charge is 2.28. The third kappa shape index (κ3) is 4.28. The summed E-state index contributed by atoms with van der Waals surface area (Å²) in [7, 11) is 0. The first kappa shape index (κ1) is 24.1. The molecule has 0 radical (unpaired) electrons. The van der Waals surface area contributed by atoms with Gasteiger partial charge in [-0.1, -0.05) is 16.8 Å². The molecule has 1 amide bonds. The quantitative estimate of drug-likeness (QED) is 0.336. The summed E-state index contributed by atoms with van der Waals surface area (Å²) >= 11 is 6.70. The molecule has 0 unspecified atom stereocenters. The van der Waals surface area contributed by atoms with Crippen molar-refractivity contribution < 1.29 is 9.32 Å². The van der Waals surface area contributed by atoms with Gasteiger partial charge >= 0.3 is 0 Å². The zero-order valence-electron chi connectivity index (χ0n) is 21.0. The lowest BCUT2D eigenvalue weighted by Gasteiger charge is -2.37. The van der Waals surface area contributed by atoms with E-state index in [0.29, 0.717) is 72.6 Å². The number of H-pyrrole nitrogens is 1. The lowest BCUT2D eigenvalue weighted by atomic mass is 10.0. The number of hydrogen-bond acceptors (Lipinski definition) is 9. The normalized spacial score (nSPS) is 14.0. The average molecular weight is 532 g/mol. The highest BCUT2D eigenvalue weighted by molar-refractivity contribution is 6.36. The topological polar surface area (TPSA) is 129 Å². The number of benzene rings is 1. The van der Waals surface area contributed by atoms with Gasteiger partial charge in [0.05, 0.1) is 28.2 Å². The number of rotatable bonds is 6. The minimum absolute atomic E-state index is 0.0422. The average Bonchev–Trinajstić information content (AvgIpc) is 3.55. The van der Waals surface area contributed by atoms with Crippen molar-refractivity contribution in [1.29, 1.82) is 0 Å². The summed E-state index contributed by atoms with van der Waals surface area (Å²) < 4.78 is 5.21. The van der Waals surface area contributed by atoms with E-state index in [-0.39, 0.29) is 5.91 Å². The Bertz CT molecular complexity index is 1620. The van der Waals surface area contributed by atoms with Gasteiger partial charge < -0.3 is 24.6 Å². The molecule has 2 N–H and O–H groups in total. The number of anilines is 2. The van der Waals surface area contributed by atoms with Crippen LogP contribution in [0.3, 0.4) is 0 Å². The van der Waals surface area contributed by atoms with E-state index in [1.54, 1.807) is 26.4 Å². The van der Waals surface area contributed by atoms with Crippen LogP contribution in [0.15, 0.2) is 41.6 Å². The van der Waals surface area contributed by atoms with Gasteiger partial charge in [-0.3, -0.25) is 9.78 Å². The van der Waals surface area contributed by atoms with Crippen molar-refractivity contribution in [2.24, 2.45) is 0 Å². The van der Waals surface area contributed by atoms with E-state index >= 15 is 0 Å². The summed E-state index contributed by atoms with van der Waals surface area (Å²) in [5, 5.41) is 8.91. The number of hydrogen-bond donors (Lipinski definition) is 2. The monoisotopic (exact) mass is 531 g/mol. The Balaban J connectivity index is 1.25. The highest BCUT2D eigenvalue weighted by atomic mass is 35.5. The number of aromatic nitrogens is 6. The van der Waals surface area contributed by atoms with Gasteiger partial charge in [0, 0.05) is 44.3 Å². The van der Waals surface area contributed by atoms with Gasteiger partial charge in [0.25, 0.3) is 5.91 Å². The third-order valence-corrected chi connectivity index (χ3v) is 7.25. The number of amides is 1. The van der Waals surface area contributed by atoms with E-state index in [4.69, 9.17) is 21.1 Å². The number of pyridine rings is 1. The minimum atomic E-state index is -0.0422. The molecule has 0 bridgehead atoms. The standard InChI is InChI=1S/C26H26ClN9O2/c1-15-20(16(2)38-34-15)26(37)36-10-8-35(9-11-36)23-17(12-19(27)18-4-3-6-28-21(18)23)5-7-29-24-22-25(31-13-30-22)33-14-32-24/h3-4,6,12-14H,5,7-11H2,1-2H3,(H2,29,30,31,32,33). The molecule has 11 nitrogen and oxygen atoms in total. The van der Waals surface area contributed by atoms with E-state index in [2.05, 4.69) is 35.3 Å². The molecule has 1 aliphatic rings. The largest absolute Gasteiger partial charge is 0.368 e. The number of halogens is 1. The fraction of sp³-hybridized carbons (Fsp3) is 0.308. The van der Waals surface area contributed by atoms with Crippen molar-refractivity contribution in [1.82, 2.24) is 35.0 Å². The molecule has 1 saturated heterocycles. The fourth-order valence-electron chi connectivity index (χ4n) is 5.08. The Kier molecular flexibility index (Phi) is 6.28. The maximum atomic E-state index is 13.2. The van der Waals surface area contributed by atoms with Crippen LogP contribution in [0, 0.1) is 13.8 Å². The number of aryl methyl sites for hydroxylation is 2. The number of carbonyl (C=O) groups excluding carboxylic acids is 1. The summed E-state index contributed by atoms with van der Waals surface area (Å²) in [6, 6.07) is 5.91. The van der Waals surface area contributed by atoms with Crippen LogP contribution in [0.1, 0.15) is 27.4 Å². The van der Waals surface area contributed by atoms with Crippen molar-refractivity contribution in [3.63, 3.8) is 0 Å². The Morgan fingerprint density at radius 3 is 2.79 bits per heavy atom. The first-order valence-corrected chi connectivity index (χ1v) is 12.8. The van der Waals surface area contributed by atoms with E-state index in [1.807, 2.05) is 23.1 Å². The zero-order valence-corrected chi connectivity index (χ0v) is 21.8. The van der Waals surface area contributed by atoms with E-state index in [9.17, 15) is 4.79 Å². The Morgan fingerprint density at radius 2 is 2.00 bits per heavy atom. The zero-order chi connectivity index (χ0) is 26.2. The number of piperazine rings is 1. The first-order chi connectivity index (χ1) is 18.5. The molecule has 0 saturated carbocycles. The molecule has 12 heteroatoms. The van der Waals surface area contributed by atoms with Crippen LogP contribution in [-0.4, -0.2) is 73.6 Å². The second-order valence-corrected chi connectivity index (χ2v) is 9.65. The summed E-state index contributed by atoms with van der Waals surface area (Å²) in [5.74, 6) is 1.21. The molecule has 38 heavy (non-hydrogen) atoms. The van der Waals surface area contributed by atoms with Gasteiger partial charge in [0.2, 0.25) is 0 Å². The fourth-order valence-corrected chi connectivity index (χ4v) is 5.36. The third-order valence-electron chi connectivity index (χ3n) is 6.93. The molecule has 5 heterocycles. The lowest BCUT2D eigenvalue weighted by molar-refractivity contribution is 0.0744. The Morgan fingerprint density at radius 1 is 1.16 bits per heavy atom. The van der Waals surface area contributed by atoms with Crippen LogP contribution in [0.4, 0.5) is 11.5 Å². The van der Waals surface area contributed by atoms with E-state index in [0.717, 1.165) is 27.7 Å². The van der Waals surface area contributed by atoms with Gasteiger partial charge in [0.15, 0.2) is 11.5 Å². The highest BCUT2D eigenvalue weighted by Crippen LogP contribution is 2.35. The number of fused-ring (bicyclic) bond motifs is 2. The van der Waals surface area contributed by atoms with Gasteiger partial charge in [0.1, 0.15) is 23.2 Å². The second kappa shape index (κ2) is 9.90. The molecule has 1 fully saturated rings. The Labute approximate surface area is 223 Å². The predicted molar refractivity (Wildman–Crippen MR) is 145 cm³/mol. The van der Waals surface area contributed by atoms with Crippen LogP contribution in [0.2, 0.25) is 5.02 Å². The summed E-state index contributed by atoms with van der Waals surface area (Å²) in [6.45, 7) is 6.69. The molecular weight excluding hydrogens is 506 g/mol. The van der Waals surface area contributed by atoms with Crippen LogP contribution in [0.5, 0.6) is 0 Å². The number of nitrogens with one attached hydrogen (secondary N) is 2. The van der Waals surface area contributed by atoms with Crippen LogP contribution >= 0.6 is 11.6 Å². The summed E-state index contributed by atoms with van der Waals surface area (Å²) in [5.41, 5.74) is 5.54.